The summed E-state index contributed by atoms with van der Waals surface area (Å²) in [5.74, 6) is -0.0679. The van der Waals surface area contributed by atoms with E-state index < -0.39 is 0 Å². The molecule has 0 radical (unpaired) electrons. The summed E-state index contributed by atoms with van der Waals surface area (Å²) < 4.78 is 1.02. The standard InChI is InChI=1S/C16H16BrClN2O/c1-10-7-14(4-6-16(10)20-11(2)21)19-9-12-8-13(18)3-5-15(12)17/h3-8,19H,9H2,1-2H3,(H,20,21). The first-order chi connectivity index (χ1) is 9.95. The van der Waals surface area contributed by atoms with Gasteiger partial charge in [0.2, 0.25) is 5.91 Å². The highest BCUT2D eigenvalue weighted by molar-refractivity contribution is 9.10. The van der Waals surface area contributed by atoms with Crippen LogP contribution in [-0.4, -0.2) is 5.91 Å². The zero-order chi connectivity index (χ0) is 15.4. The summed E-state index contributed by atoms with van der Waals surface area (Å²) in [5.41, 5.74) is 3.93. The first-order valence-electron chi connectivity index (χ1n) is 6.52. The van der Waals surface area contributed by atoms with E-state index in [1.807, 2.05) is 43.3 Å². The molecular formula is C16H16BrClN2O. The normalized spacial score (nSPS) is 10.3. The lowest BCUT2D eigenvalue weighted by Crippen LogP contribution is -2.07. The highest BCUT2D eigenvalue weighted by atomic mass is 79.9. The van der Waals surface area contributed by atoms with Crippen molar-refractivity contribution in [2.45, 2.75) is 20.4 Å². The summed E-state index contributed by atoms with van der Waals surface area (Å²) in [5, 5.41) is 6.86. The fourth-order valence-electron chi connectivity index (χ4n) is 1.98. The Labute approximate surface area is 137 Å². The van der Waals surface area contributed by atoms with Crippen molar-refractivity contribution in [2.75, 3.05) is 10.6 Å². The van der Waals surface area contributed by atoms with Crippen LogP contribution in [0.3, 0.4) is 0 Å². The summed E-state index contributed by atoms with van der Waals surface area (Å²) in [6, 6.07) is 11.6. The number of halogens is 2. The highest BCUT2D eigenvalue weighted by Gasteiger charge is 2.04. The summed E-state index contributed by atoms with van der Waals surface area (Å²) in [6.07, 6.45) is 0. The largest absolute Gasteiger partial charge is 0.381 e. The van der Waals surface area contributed by atoms with Crippen molar-refractivity contribution >= 4 is 44.8 Å². The zero-order valence-electron chi connectivity index (χ0n) is 11.8. The topological polar surface area (TPSA) is 41.1 Å². The van der Waals surface area contributed by atoms with Crippen LogP contribution in [0.2, 0.25) is 5.02 Å². The van der Waals surface area contributed by atoms with Crippen LogP contribution in [0.4, 0.5) is 11.4 Å². The lowest BCUT2D eigenvalue weighted by molar-refractivity contribution is -0.114. The fraction of sp³-hybridized carbons (Fsp3) is 0.188. The molecule has 0 bridgehead atoms. The third-order valence-electron chi connectivity index (χ3n) is 3.03. The van der Waals surface area contributed by atoms with E-state index >= 15 is 0 Å². The van der Waals surface area contributed by atoms with Gasteiger partial charge in [-0.1, -0.05) is 27.5 Å². The molecule has 2 aromatic rings. The summed E-state index contributed by atoms with van der Waals surface area (Å²) in [7, 11) is 0. The van der Waals surface area contributed by atoms with Gasteiger partial charge in [0, 0.05) is 34.3 Å². The van der Waals surface area contributed by atoms with E-state index in [0.29, 0.717) is 11.6 Å². The number of carbonyl (C=O) groups excluding carboxylic acids is 1. The summed E-state index contributed by atoms with van der Waals surface area (Å²) in [6.45, 7) is 4.13. The number of carbonyl (C=O) groups is 1. The minimum absolute atomic E-state index is 0.0679. The van der Waals surface area contributed by atoms with Crippen molar-refractivity contribution in [2.24, 2.45) is 0 Å². The summed E-state index contributed by atoms with van der Waals surface area (Å²) >= 11 is 9.52. The maximum Gasteiger partial charge on any atom is 0.221 e. The monoisotopic (exact) mass is 366 g/mol. The van der Waals surface area contributed by atoms with Crippen LogP contribution in [-0.2, 0) is 11.3 Å². The SMILES string of the molecule is CC(=O)Nc1ccc(NCc2cc(Cl)ccc2Br)cc1C. The van der Waals surface area contributed by atoms with E-state index in [9.17, 15) is 4.79 Å². The number of amides is 1. The molecule has 1 amide bonds. The molecule has 110 valence electrons. The third kappa shape index (κ3) is 4.48. The molecule has 0 atom stereocenters. The van der Waals surface area contributed by atoms with Crippen molar-refractivity contribution in [3.05, 3.63) is 57.0 Å². The van der Waals surface area contributed by atoms with Gasteiger partial charge in [0.1, 0.15) is 0 Å². The average Bonchev–Trinajstić information content (AvgIpc) is 2.42. The van der Waals surface area contributed by atoms with Crippen LogP contribution in [0.25, 0.3) is 0 Å². The first-order valence-corrected chi connectivity index (χ1v) is 7.69. The van der Waals surface area contributed by atoms with Gasteiger partial charge < -0.3 is 10.6 Å². The molecule has 0 fully saturated rings. The minimum Gasteiger partial charge on any atom is -0.381 e. The Morgan fingerprint density at radius 3 is 2.67 bits per heavy atom. The molecule has 2 N–H and O–H groups in total. The van der Waals surface area contributed by atoms with E-state index in [2.05, 4.69) is 26.6 Å². The summed E-state index contributed by atoms with van der Waals surface area (Å²) in [4.78, 5) is 11.1. The van der Waals surface area contributed by atoms with E-state index in [-0.39, 0.29) is 5.91 Å². The van der Waals surface area contributed by atoms with Crippen molar-refractivity contribution in [3.63, 3.8) is 0 Å². The van der Waals surface area contributed by atoms with E-state index in [4.69, 9.17) is 11.6 Å². The molecule has 0 saturated carbocycles. The van der Waals surface area contributed by atoms with E-state index in [1.54, 1.807) is 0 Å². The van der Waals surface area contributed by atoms with Gasteiger partial charge in [-0.3, -0.25) is 4.79 Å². The number of benzene rings is 2. The molecule has 3 nitrogen and oxygen atoms in total. The number of rotatable bonds is 4. The maximum absolute atomic E-state index is 11.1. The molecule has 0 aliphatic heterocycles. The Balaban J connectivity index is 2.08. The Kier molecular flexibility index (Phi) is 5.26. The van der Waals surface area contributed by atoms with Gasteiger partial charge in [-0.05, 0) is 54.4 Å². The number of hydrogen-bond acceptors (Lipinski definition) is 2. The average molecular weight is 368 g/mol. The van der Waals surface area contributed by atoms with Crippen LogP contribution < -0.4 is 10.6 Å². The van der Waals surface area contributed by atoms with E-state index in [1.165, 1.54) is 6.92 Å². The lowest BCUT2D eigenvalue weighted by atomic mass is 10.1. The van der Waals surface area contributed by atoms with Gasteiger partial charge in [-0.15, -0.1) is 0 Å². The molecule has 0 heterocycles. The van der Waals surface area contributed by atoms with Gasteiger partial charge in [-0.2, -0.15) is 0 Å². The van der Waals surface area contributed by atoms with Gasteiger partial charge in [-0.25, -0.2) is 0 Å². The van der Waals surface area contributed by atoms with Gasteiger partial charge in [0.25, 0.3) is 0 Å². The van der Waals surface area contributed by atoms with Crippen LogP contribution in [0.5, 0.6) is 0 Å². The Morgan fingerprint density at radius 1 is 1.24 bits per heavy atom. The van der Waals surface area contributed by atoms with Crippen molar-refractivity contribution in [3.8, 4) is 0 Å². The van der Waals surface area contributed by atoms with Gasteiger partial charge in [0.05, 0.1) is 0 Å². The molecule has 0 aromatic heterocycles. The molecule has 5 heteroatoms. The number of aryl methyl sites for hydroxylation is 1. The van der Waals surface area contributed by atoms with Crippen LogP contribution >= 0.6 is 27.5 Å². The number of nitrogens with one attached hydrogen (secondary N) is 2. The van der Waals surface area contributed by atoms with Crippen LogP contribution in [0, 0.1) is 6.92 Å². The first kappa shape index (κ1) is 15.9. The molecule has 21 heavy (non-hydrogen) atoms. The predicted octanol–water partition coefficient (Wildman–Crippen LogP) is 4.98. The zero-order valence-corrected chi connectivity index (χ0v) is 14.2. The van der Waals surface area contributed by atoms with Crippen LogP contribution in [0.1, 0.15) is 18.1 Å². The molecule has 0 spiro atoms. The van der Waals surface area contributed by atoms with Crippen molar-refractivity contribution in [1.82, 2.24) is 0 Å². The molecule has 2 rings (SSSR count). The molecule has 0 unspecified atom stereocenters. The Morgan fingerprint density at radius 2 is 2.00 bits per heavy atom. The second-order valence-electron chi connectivity index (χ2n) is 4.80. The Hall–Kier alpha value is -1.52. The third-order valence-corrected chi connectivity index (χ3v) is 4.04. The second-order valence-corrected chi connectivity index (χ2v) is 6.09. The number of anilines is 2. The molecule has 0 aliphatic rings. The smallest absolute Gasteiger partial charge is 0.221 e. The molecular weight excluding hydrogens is 352 g/mol. The minimum atomic E-state index is -0.0679. The van der Waals surface area contributed by atoms with Crippen molar-refractivity contribution < 1.29 is 4.79 Å². The second kappa shape index (κ2) is 6.96. The quantitative estimate of drug-likeness (QED) is 0.800. The van der Waals surface area contributed by atoms with Crippen molar-refractivity contribution in [1.29, 1.82) is 0 Å². The molecule has 2 aromatic carbocycles. The lowest BCUT2D eigenvalue weighted by Gasteiger charge is -2.12. The van der Waals surface area contributed by atoms with E-state index in [0.717, 1.165) is 27.0 Å². The predicted molar refractivity (Wildman–Crippen MR) is 92.0 cm³/mol. The van der Waals surface area contributed by atoms with Gasteiger partial charge in [0.15, 0.2) is 0 Å². The molecule has 0 aliphatic carbocycles. The van der Waals surface area contributed by atoms with Gasteiger partial charge >= 0.3 is 0 Å². The highest BCUT2D eigenvalue weighted by Crippen LogP contribution is 2.24. The fourth-order valence-corrected chi connectivity index (χ4v) is 2.56. The number of hydrogen-bond donors (Lipinski definition) is 2. The van der Waals surface area contributed by atoms with Crippen LogP contribution in [0.15, 0.2) is 40.9 Å². The maximum atomic E-state index is 11.1. The Bertz CT molecular complexity index is 673. The molecule has 0 saturated heterocycles.